The van der Waals surface area contributed by atoms with Crippen LogP contribution in [0.5, 0.6) is 0 Å². The summed E-state index contributed by atoms with van der Waals surface area (Å²) in [6, 6.07) is 7.90. The molecule has 1 amide bonds. The second kappa shape index (κ2) is 6.68. The van der Waals surface area contributed by atoms with Gasteiger partial charge in [-0.1, -0.05) is 5.16 Å². The number of aromatic nitrogens is 3. The highest BCUT2D eigenvalue weighted by atomic mass is 19.1. The van der Waals surface area contributed by atoms with E-state index in [2.05, 4.69) is 15.5 Å². The van der Waals surface area contributed by atoms with Gasteiger partial charge in [-0.2, -0.15) is 4.98 Å². The largest absolute Gasteiger partial charge is 0.341 e. The van der Waals surface area contributed by atoms with E-state index in [4.69, 9.17) is 4.52 Å². The lowest BCUT2D eigenvalue weighted by molar-refractivity contribution is 0.0932. The molecular formula is C17H15FN4O3. The Kier molecular flexibility index (Phi) is 4.42. The van der Waals surface area contributed by atoms with E-state index >= 15 is 0 Å². The van der Waals surface area contributed by atoms with Crippen molar-refractivity contribution in [1.29, 1.82) is 0 Å². The van der Waals surface area contributed by atoms with Crippen molar-refractivity contribution in [3.8, 4) is 11.4 Å². The average molecular weight is 342 g/mol. The monoisotopic (exact) mass is 342 g/mol. The summed E-state index contributed by atoms with van der Waals surface area (Å²) in [6.45, 7) is 1.68. The van der Waals surface area contributed by atoms with Gasteiger partial charge in [-0.25, -0.2) is 4.39 Å². The highest BCUT2D eigenvalue weighted by molar-refractivity contribution is 5.94. The number of nitrogens with zero attached hydrogens (tertiary/aromatic N) is 3. The molecule has 0 fully saturated rings. The fraction of sp³-hybridized carbons (Fsp3) is 0.176. The SMILES string of the molecule is CC(NC(=O)c1ccn(C)c(=O)c1)c1nc(-c2ccc(F)cc2)no1. The summed E-state index contributed by atoms with van der Waals surface area (Å²) < 4.78 is 19.5. The van der Waals surface area contributed by atoms with Crippen LogP contribution in [0, 0.1) is 5.82 Å². The number of benzene rings is 1. The van der Waals surface area contributed by atoms with Gasteiger partial charge in [0.1, 0.15) is 11.9 Å². The van der Waals surface area contributed by atoms with Crippen LogP contribution in [0.25, 0.3) is 11.4 Å². The molecule has 8 heteroatoms. The molecular weight excluding hydrogens is 327 g/mol. The molecule has 0 spiro atoms. The molecule has 1 aromatic carbocycles. The molecule has 25 heavy (non-hydrogen) atoms. The zero-order valence-electron chi connectivity index (χ0n) is 13.6. The van der Waals surface area contributed by atoms with Crippen molar-refractivity contribution in [3.63, 3.8) is 0 Å². The number of hydrogen-bond donors (Lipinski definition) is 1. The Bertz CT molecular complexity index is 963. The minimum atomic E-state index is -0.557. The predicted octanol–water partition coefficient (Wildman–Crippen LogP) is 2.07. The van der Waals surface area contributed by atoms with E-state index in [-0.39, 0.29) is 22.8 Å². The van der Waals surface area contributed by atoms with Crippen molar-refractivity contribution in [2.24, 2.45) is 7.05 Å². The number of amides is 1. The van der Waals surface area contributed by atoms with E-state index in [1.54, 1.807) is 20.0 Å². The van der Waals surface area contributed by atoms with Crippen molar-refractivity contribution in [1.82, 2.24) is 20.0 Å². The summed E-state index contributed by atoms with van der Waals surface area (Å²) in [7, 11) is 1.60. The summed E-state index contributed by atoms with van der Waals surface area (Å²) in [5.41, 5.74) is 0.561. The Morgan fingerprint density at radius 1 is 1.28 bits per heavy atom. The van der Waals surface area contributed by atoms with Crippen LogP contribution in [0.4, 0.5) is 4.39 Å². The molecule has 2 aromatic heterocycles. The number of pyridine rings is 1. The van der Waals surface area contributed by atoms with Gasteiger partial charge in [-0.05, 0) is 37.3 Å². The molecule has 1 atom stereocenters. The summed E-state index contributed by atoms with van der Waals surface area (Å²) in [5.74, 6) is -0.282. The number of carbonyl (C=O) groups excluding carboxylic acids is 1. The maximum absolute atomic E-state index is 13.0. The van der Waals surface area contributed by atoms with Crippen molar-refractivity contribution in [2.45, 2.75) is 13.0 Å². The Morgan fingerprint density at radius 2 is 2.00 bits per heavy atom. The Labute approximate surface area is 142 Å². The summed E-state index contributed by atoms with van der Waals surface area (Å²) >= 11 is 0. The lowest BCUT2D eigenvalue weighted by atomic mass is 10.2. The van der Waals surface area contributed by atoms with Crippen LogP contribution in [-0.2, 0) is 7.05 Å². The van der Waals surface area contributed by atoms with Crippen LogP contribution >= 0.6 is 0 Å². The first-order valence-corrected chi connectivity index (χ1v) is 7.51. The van der Waals surface area contributed by atoms with E-state index < -0.39 is 11.9 Å². The van der Waals surface area contributed by atoms with Gasteiger partial charge >= 0.3 is 0 Å². The Balaban J connectivity index is 1.74. The normalized spacial score (nSPS) is 12.0. The molecule has 1 unspecified atom stereocenters. The first-order chi connectivity index (χ1) is 11.9. The highest BCUT2D eigenvalue weighted by Gasteiger charge is 2.18. The molecule has 2 heterocycles. The van der Waals surface area contributed by atoms with Crippen LogP contribution in [0.1, 0.15) is 29.2 Å². The zero-order valence-corrected chi connectivity index (χ0v) is 13.6. The standard InChI is InChI=1S/C17H15FN4O3/c1-10(19-16(24)12-7-8-22(2)14(23)9-12)17-20-15(21-25-17)11-3-5-13(18)6-4-11/h3-10H,1-2H3,(H,19,24). The van der Waals surface area contributed by atoms with Gasteiger partial charge in [-0.15, -0.1) is 0 Å². The number of halogens is 1. The molecule has 0 bridgehead atoms. The fourth-order valence-electron chi connectivity index (χ4n) is 2.16. The van der Waals surface area contributed by atoms with Crippen LogP contribution in [-0.4, -0.2) is 20.6 Å². The molecule has 0 aliphatic heterocycles. The highest BCUT2D eigenvalue weighted by Crippen LogP contribution is 2.19. The second-order valence-electron chi connectivity index (χ2n) is 5.52. The third-order valence-electron chi connectivity index (χ3n) is 3.63. The third kappa shape index (κ3) is 3.63. The van der Waals surface area contributed by atoms with Crippen molar-refractivity contribution in [3.05, 3.63) is 70.2 Å². The van der Waals surface area contributed by atoms with E-state index in [1.807, 2.05) is 0 Å². The molecule has 0 radical (unpaired) electrons. The number of carbonyl (C=O) groups is 1. The molecule has 1 N–H and O–H groups in total. The van der Waals surface area contributed by atoms with E-state index in [9.17, 15) is 14.0 Å². The van der Waals surface area contributed by atoms with E-state index in [0.717, 1.165) is 0 Å². The molecule has 0 saturated heterocycles. The number of rotatable bonds is 4. The van der Waals surface area contributed by atoms with Crippen molar-refractivity contribution < 1.29 is 13.7 Å². The van der Waals surface area contributed by atoms with Crippen molar-refractivity contribution >= 4 is 5.91 Å². The van der Waals surface area contributed by atoms with Crippen molar-refractivity contribution in [2.75, 3.05) is 0 Å². The molecule has 0 aliphatic carbocycles. The molecule has 3 aromatic rings. The third-order valence-corrected chi connectivity index (χ3v) is 3.63. The first kappa shape index (κ1) is 16.6. The van der Waals surface area contributed by atoms with Crippen LogP contribution in [0.15, 0.2) is 51.9 Å². The first-order valence-electron chi connectivity index (χ1n) is 7.51. The maximum Gasteiger partial charge on any atom is 0.252 e. The Hall–Kier alpha value is -3.29. The topological polar surface area (TPSA) is 90.0 Å². The maximum atomic E-state index is 13.0. The summed E-state index contributed by atoms with van der Waals surface area (Å²) in [6.07, 6.45) is 1.52. The minimum absolute atomic E-state index is 0.205. The minimum Gasteiger partial charge on any atom is -0.341 e. The second-order valence-corrected chi connectivity index (χ2v) is 5.52. The summed E-state index contributed by atoms with van der Waals surface area (Å²) in [5, 5.41) is 6.52. The van der Waals surface area contributed by atoms with Crippen LogP contribution in [0.2, 0.25) is 0 Å². The van der Waals surface area contributed by atoms with Gasteiger partial charge in [0.05, 0.1) is 0 Å². The molecule has 7 nitrogen and oxygen atoms in total. The lowest BCUT2D eigenvalue weighted by Crippen LogP contribution is -2.28. The quantitative estimate of drug-likeness (QED) is 0.784. The predicted molar refractivity (Wildman–Crippen MR) is 87.3 cm³/mol. The van der Waals surface area contributed by atoms with Gasteiger partial charge in [-0.3, -0.25) is 9.59 Å². The van der Waals surface area contributed by atoms with E-state index in [1.165, 1.54) is 41.1 Å². The zero-order chi connectivity index (χ0) is 18.0. The molecule has 3 rings (SSSR count). The van der Waals surface area contributed by atoms with Gasteiger partial charge in [0.25, 0.3) is 11.5 Å². The van der Waals surface area contributed by atoms with Gasteiger partial charge in [0.2, 0.25) is 11.7 Å². The molecule has 0 saturated carbocycles. The number of hydrogen-bond acceptors (Lipinski definition) is 5. The van der Waals surface area contributed by atoms with Gasteiger partial charge < -0.3 is 14.4 Å². The lowest BCUT2D eigenvalue weighted by Gasteiger charge is -2.09. The van der Waals surface area contributed by atoms with Crippen LogP contribution < -0.4 is 10.9 Å². The fourth-order valence-corrected chi connectivity index (χ4v) is 2.16. The van der Waals surface area contributed by atoms with Gasteiger partial charge in [0.15, 0.2) is 0 Å². The Morgan fingerprint density at radius 3 is 2.68 bits per heavy atom. The molecule has 128 valence electrons. The van der Waals surface area contributed by atoms with Crippen LogP contribution in [0.3, 0.4) is 0 Å². The van der Waals surface area contributed by atoms with Gasteiger partial charge in [0, 0.05) is 30.4 Å². The smallest absolute Gasteiger partial charge is 0.252 e. The molecule has 0 aliphatic rings. The summed E-state index contributed by atoms with van der Waals surface area (Å²) in [4.78, 5) is 28.0. The average Bonchev–Trinajstić information content (AvgIpc) is 3.08. The number of aryl methyl sites for hydroxylation is 1. The van der Waals surface area contributed by atoms with E-state index in [0.29, 0.717) is 11.4 Å². The number of nitrogens with one attached hydrogen (secondary N) is 1.